The first kappa shape index (κ1) is 19.9. The number of anilines is 1. The number of rotatable bonds is 5. The maximum absolute atomic E-state index is 11.5. The summed E-state index contributed by atoms with van der Waals surface area (Å²) in [6.45, 7) is 1.61. The molecule has 1 amide bonds. The Labute approximate surface area is 179 Å². The summed E-state index contributed by atoms with van der Waals surface area (Å²) in [5, 5.41) is 22.0. The number of aromatic nitrogens is 4. The Morgan fingerprint density at radius 2 is 2.10 bits per heavy atom. The lowest BCUT2D eigenvalue weighted by atomic mass is 10.2. The standard InChI is InChI=1S/C18H18IN5O5/c1-9(25)21-18-22-15-14(20-8-24(15)13-6-12(26)17(27)29-13)16(23-18)28-7-10-2-4-11(19)5-3-10/h2-5,8,12-13,17,26-27H,6-7H2,1H3,(H,21,22,23,25). The third-order valence-electron chi connectivity index (χ3n) is 4.35. The van der Waals surface area contributed by atoms with Gasteiger partial charge < -0.3 is 19.7 Å². The van der Waals surface area contributed by atoms with Gasteiger partial charge in [0.2, 0.25) is 17.7 Å². The molecule has 1 fully saturated rings. The van der Waals surface area contributed by atoms with E-state index in [-0.39, 0.29) is 30.8 Å². The van der Waals surface area contributed by atoms with E-state index < -0.39 is 18.6 Å². The quantitative estimate of drug-likeness (QED) is 0.440. The predicted octanol–water partition coefficient (Wildman–Crippen LogP) is 1.57. The van der Waals surface area contributed by atoms with Gasteiger partial charge in [-0.2, -0.15) is 9.97 Å². The highest BCUT2D eigenvalue weighted by Crippen LogP contribution is 2.32. The fourth-order valence-electron chi connectivity index (χ4n) is 2.96. The van der Waals surface area contributed by atoms with Gasteiger partial charge in [-0.15, -0.1) is 0 Å². The molecular formula is C18H18IN5O5. The Hall–Kier alpha value is -2.35. The summed E-state index contributed by atoms with van der Waals surface area (Å²) in [5.41, 5.74) is 1.68. The maximum atomic E-state index is 11.5. The van der Waals surface area contributed by atoms with Crippen molar-refractivity contribution in [2.45, 2.75) is 38.6 Å². The predicted molar refractivity (Wildman–Crippen MR) is 110 cm³/mol. The van der Waals surface area contributed by atoms with Crippen molar-refractivity contribution < 1.29 is 24.5 Å². The van der Waals surface area contributed by atoms with Gasteiger partial charge in [0.1, 0.15) is 18.9 Å². The smallest absolute Gasteiger partial charge is 0.247 e. The molecule has 1 saturated heterocycles. The summed E-state index contributed by atoms with van der Waals surface area (Å²) in [6.07, 6.45) is -1.31. The van der Waals surface area contributed by atoms with Crippen LogP contribution in [0.25, 0.3) is 11.2 Å². The lowest BCUT2D eigenvalue weighted by molar-refractivity contribution is -0.140. The van der Waals surface area contributed by atoms with Gasteiger partial charge in [0.25, 0.3) is 0 Å². The fraction of sp³-hybridized carbons (Fsp3) is 0.333. The van der Waals surface area contributed by atoms with E-state index in [0.29, 0.717) is 11.2 Å². The molecular weight excluding hydrogens is 493 g/mol. The molecule has 1 aliphatic heterocycles. The topological polar surface area (TPSA) is 132 Å². The Balaban J connectivity index is 1.68. The molecule has 1 aromatic carbocycles. The van der Waals surface area contributed by atoms with E-state index >= 15 is 0 Å². The van der Waals surface area contributed by atoms with Crippen molar-refractivity contribution in [2.24, 2.45) is 0 Å². The number of nitrogens with zero attached hydrogens (tertiary/aromatic N) is 4. The van der Waals surface area contributed by atoms with Crippen molar-refractivity contribution in [1.82, 2.24) is 19.5 Å². The lowest BCUT2D eigenvalue weighted by Gasteiger charge is -2.13. The van der Waals surface area contributed by atoms with Gasteiger partial charge in [0.05, 0.1) is 6.33 Å². The second kappa shape index (κ2) is 8.18. The molecule has 3 aromatic rings. The molecule has 0 aliphatic carbocycles. The van der Waals surface area contributed by atoms with Crippen molar-refractivity contribution >= 4 is 45.6 Å². The highest BCUT2D eigenvalue weighted by Gasteiger charge is 2.34. The molecule has 0 spiro atoms. The van der Waals surface area contributed by atoms with Crippen molar-refractivity contribution in [3.05, 3.63) is 39.7 Å². The van der Waals surface area contributed by atoms with Gasteiger partial charge in [-0.1, -0.05) is 12.1 Å². The van der Waals surface area contributed by atoms with E-state index in [2.05, 4.69) is 42.9 Å². The summed E-state index contributed by atoms with van der Waals surface area (Å²) in [4.78, 5) is 24.4. The molecule has 152 valence electrons. The van der Waals surface area contributed by atoms with Gasteiger partial charge in [0, 0.05) is 16.9 Å². The number of nitrogens with one attached hydrogen (secondary N) is 1. The largest absolute Gasteiger partial charge is 0.471 e. The van der Waals surface area contributed by atoms with Gasteiger partial charge in [-0.3, -0.25) is 14.7 Å². The van der Waals surface area contributed by atoms with Crippen LogP contribution in [0.3, 0.4) is 0 Å². The Kier molecular flexibility index (Phi) is 5.63. The van der Waals surface area contributed by atoms with Crippen LogP contribution in [-0.2, 0) is 16.1 Å². The number of aliphatic hydroxyl groups is 2. The zero-order chi connectivity index (χ0) is 20.5. The van der Waals surface area contributed by atoms with Crippen LogP contribution in [0.15, 0.2) is 30.6 Å². The first-order chi connectivity index (χ1) is 13.9. The van der Waals surface area contributed by atoms with Crippen LogP contribution in [0.4, 0.5) is 5.95 Å². The molecule has 3 unspecified atom stereocenters. The second-order valence-corrected chi connectivity index (χ2v) is 7.80. The third kappa shape index (κ3) is 4.32. The zero-order valence-corrected chi connectivity index (χ0v) is 17.5. The first-order valence-electron chi connectivity index (χ1n) is 8.81. The SMILES string of the molecule is CC(=O)Nc1nc(OCc2ccc(I)cc2)c2ncn(C3CC(O)C(O)O3)c2n1. The average Bonchev–Trinajstić information content (AvgIpc) is 3.24. The third-order valence-corrected chi connectivity index (χ3v) is 5.06. The minimum atomic E-state index is -1.29. The van der Waals surface area contributed by atoms with Gasteiger partial charge in [-0.25, -0.2) is 4.98 Å². The van der Waals surface area contributed by atoms with Crippen LogP contribution in [0.5, 0.6) is 5.88 Å². The average molecular weight is 511 g/mol. The normalized spacial score (nSPS) is 21.4. The van der Waals surface area contributed by atoms with Crippen LogP contribution < -0.4 is 10.1 Å². The first-order valence-corrected chi connectivity index (χ1v) is 9.89. The highest BCUT2D eigenvalue weighted by atomic mass is 127. The van der Waals surface area contributed by atoms with E-state index in [9.17, 15) is 15.0 Å². The number of benzene rings is 1. The van der Waals surface area contributed by atoms with E-state index in [1.54, 1.807) is 4.57 Å². The minimum absolute atomic E-state index is 0.0588. The summed E-state index contributed by atoms with van der Waals surface area (Å²) in [5.74, 6) is -0.0689. The van der Waals surface area contributed by atoms with E-state index in [4.69, 9.17) is 9.47 Å². The monoisotopic (exact) mass is 511 g/mol. The Bertz CT molecular complexity index is 1030. The minimum Gasteiger partial charge on any atom is -0.471 e. The van der Waals surface area contributed by atoms with E-state index in [0.717, 1.165) is 9.13 Å². The Morgan fingerprint density at radius 3 is 2.76 bits per heavy atom. The highest BCUT2D eigenvalue weighted by molar-refractivity contribution is 14.1. The molecule has 0 saturated carbocycles. The zero-order valence-electron chi connectivity index (χ0n) is 15.3. The summed E-state index contributed by atoms with van der Waals surface area (Å²) in [6, 6.07) is 7.84. The molecule has 3 heterocycles. The number of halogens is 1. The van der Waals surface area contributed by atoms with Crippen molar-refractivity contribution in [3.63, 3.8) is 0 Å². The van der Waals surface area contributed by atoms with Crippen LogP contribution in [0.2, 0.25) is 0 Å². The fourth-order valence-corrected chi connectivity index (χ4v) is 3.32. The van der Waals surface area contributed by atoms with Crippen molar-refractivity contribution in [2.75, 3.05) is 5.32 Å². The molecule has 3 atom stereocenters. The van der Waals surface area contributed by atoms with Crippen LogP contribution in [0, 0.1) is 3.57 Å². The molecule has 0 bridgehead atoms. The molecule has 11 heteroatoms. The number of ether oxygens (including phenoxy) is 2. The summed E-state index contributed by atoms with van der Waals surface area (Å²) < 4.78 is 13.9. The number of amides is 1. The van der Waals surface area contributed by atoms with E-state index in [1.807, 2.05) is 24.3 Å². The summed E-state index contributed by atoms with van der Waals surface area (Å²) >= 11 is 2.23. The van der Waals surface area contributed by atoms with Gasteiger partial charge in [-0.05, 0) is 40.3 Å². The number of imidazole rings is 1. The molecule has 1 aliphatic rings. The molecule has 2 aromatic heterocycles. The maximum Gasteiger partial charge on any atom is 0.247 e. The van der Waals surface area contributed by atoms with Gasteiger partial charge in [0.15, 0.2) is 17.5 Å². The molecule has 0 radical (unpaired) electrons. The molecule has 3 N–H and O–H groups in total. The summed E-state index contributed by atoms with van der Waals surface area (Å²) in [7, 11) is 0. The number of carbonyl (C=O) groups is 1. The second-order valence-electron chi connectivity index (χ2n) is 6.56. The van der Waals surface area contributed by atoms with Crippen molar-refractivity contribution in [1.29, 1.82) is 0 Å². The van der Waals surface area contributed by atoms with Crippen LogP contribution in [0.1, 0.15) is 25.1 Å². The van der Waals surface area contributed by atoms with E-state index in [1.165, 1.54) is 13.3 Å². The van der Waals surface area contributed by atoms with Gasteiger partial charge >= 0.3 is 0 Å². The molecule has 4 rings (SSSR count). The van der Waals surface area contributed by atoms with Crippen LogP contribution in [-0.4, -0.2) is 48.0 Å². The number of fused-ring (bicyclic) bond motifs is 1. The Morgan fingerprint density at radius 1 is 1.34 bits per heavy atom. The van der Waals surface area contributed by atoms with Crippen LogP contribution >= 0.6 is 22.6 Å². The number of hydrogen-bond donors (Lipinski definition) is 3. The molecule has 29 heavy (non-hydrogen) atoms. The lowest BCUT2D eigenvalue weighted by Crippen LogP contribution is -2.19. The number of hydrogen-bond acceptors (Lipinski definition) is 8. The molecule has 10 nitrogen and oxygen atoms in total. The van der Waals surface area contributed by atoms with Crippen molar-refractivity contribution in [3.8, 4) is 5.88 Å². The number of aliphatic hydroxyl groups excluding tert-OH is 2. The number of carbonyl (C=O) groups excluding carboxylic acids is 1.